The molecule has 1 aromatic heterocycles. The van der Waals surface area contributed by atoms with Crippen LogP contribution in [-0.4, -0.2) is 41.5 Å². The largest absolute Gasteiger partial charge is 0.369 e. The van der Waals surface area contributed by atoms with Crippen molar-refractivity contribution < 1.29 is 0 Å². The second-order valence-electron chi connectivity index (χ2n) is 3.97. The average Bonchev–Trinajstić information content (AvgIpc) is 2.30. The standard InChI is InChI=1S/C12H22N4/c1-4-6-11-9-12(15-10-14-11)13-7-8-16(3)5-2/h9-10H,4-8H2,1-3H3,(H,13,14,15). The molecule has 1 aromatic rings. The Labute approximate surface area is 98.1 Å². The highest BCUT2D eigenvalue weighted by Gasteiger charge is 1.98. The molecule has 4 heteroatoms. The zero-order valence-electron chi connectivity index (χ0n) is 10.5. The van der Waals surface area contributed by atoms with Crippen molar-refractivity contribution in [2.75, 3.05) is 32.0 Å². The van der Waals surface area contributed by atoms with E-state index in [1.807, 2.05) is 6.07 Å². The van der Waals surface area contributed by atoms with Crippen LogP contribution in [0.2, 0.25) is 0 Å². The fourth-order valence-electron chi connectivity index (χ4n) is 1.42. The van der Waals surface area contributed by atoms with Crippen molar-refractivity contribution in [3.8, 4) is 0 Å². The van der Waals surface area contributed by atoms with Crippen LogP contribution in [0.4, 0.5) is 5.82 Å². The van der Waals surface area contributed by atoms with Crippen LogP contribution in [0, 0.1) is 0 Å². The van der Waals surface area contributed by atoms with Crippen molar-refractivity contribution in [3.63, 3.8) is 0 Å². The summed E-state index contributed by atoms with van der Waals surface area (Å²) in [6.07, 6.45) is 3.78. The van der Waals surface area contributed by atoms with Gasteiger partial charge in [-0.3, -0.25) is 0 Å². The molecule has 0 amide bonds. The summed E-state index contributed by atoms with van der Waals surface area (Å²) in [5.74, 6) is 0.933. The monoisotopic (exact) mass is 222 g/mol. The summed E-state index contributed by atoms with van der Waals surface area (Å²) in [6, 6.07) is 2.04. The van der Waals surface area contributed by atoms with Crippen molar-refractivity contribution in [2.24, 2.45) is 0 Å². The highest BCUT2D eigenvalue weighted by molar-refractivity contribution is 5.34. The van der Waals surface area contributed by atoms with Crippen LogP contribution in [0.1, 0.15) is 26.0 Å². The van der Waals surface area contributed by atoms with Crippen molar-refractivity contribution in [3.05, 3.63) is 18.1 Å². The number of nitrogens with one attached hydrogen (secondary N) is 1. The first-order valence-corrected chi connectivity index (χ1v) is 5.99. The minimum absolute atomic E-state index is 0.924. The lowest BCUT2D eigenvalue weighted by atomic mass is 10.2. The topological polar surface area (TPSA) is 41.0 Å². The van der Waals surface area contributed by atoms with Crippen molar-refractivity contribution in [1.82, 2.24) is 14.9 Å². The first kappa shape index (κ1) is 12.9. The molecule has 0 aliphatic rings. The summed E-state index contributed by atoms with van der Waals surface area (Å²) < 4.78 is 0. The van der Waals surface area contributed by atoms with Crippen molar-refractivity contribution >= 4 is 5.82 Å². The number of nitrogens with zero attached hydrogens (tertiary/aromatic N) is 3. The Hall–Kier alpha value is -1.16. The minimum Gasteiger partial charge on any atom is -0.369 e. The third-order valence-corrected chi connectivity index (χ3v) is 2.57. The molecule has 0 fully saturated rings. The van der Waals surface area contributed by atoms with Gasteiger partial charge in [-0.2, -0.15) is 0 Å². The molecule has 0 saturated carbocycles. The summed E-state index contributed by atoms with van der Waals surface area (Å²) in [4.78, 5) is 10.7. The number of anilines is 1. The number of aryl methyl sites for hydroxylation is 1. The summed E-state index contributed by atoms with van der Waals surface area (Å²) >= 11 is 0. The van der Waals surface area contributed by atoms with E-state index in [0.29, 0.717) is 0 Å². The van der Waals surface area contributed by atoms with Gasteiger partial charge in [0.25, 0.3) is 0 Å². The van der Waals surface area contributed by atoms with E-state index in [-0.39, 0.29) is 0 Å². The smallest absolute Gasteiger partial charge is 0.129 e. The molecule has 1 rings (SSSR count). The molecule has 90 valence electrons. The van der Waals surface area contributed by atoms with Gasteiger partial charge in [0.1, 0.15) is 12.1 Å². The molecule has 0 unspecified atom stereocenters. The highest BCUT2D eigenvalue weighted by Crippen LogP contribution is 2.05. The predicted molar refractivity (Wildman–Crippen MR) is 67.7 cm³/mol. The molecular weight excluding hydrogens is 200 g/mol. The first-order chi connectivity index (χ1) is 7.76. The first-order valence-electron chi connectivity index (χ1n) is 5.99. The van der Waals surface area contributed by atoms with Gasteiger partial charge in [-0.15, -0.1) is 0 Å². The number of rotatable bonds is 7. The van der Waals surface area contributed by atoms with E-state index in [1.54, 1.807) is 6.33 Å². The Morgan fingerprint density at radius 3 is 2.81 bits per heavy atom. The number of likely N-dealkylation sites (N-methyl/N-ethyl adjacent to an activating group) is 1. The molecule has 4 nitrogen and oxygen atoms in total. The van der Waals surface area contributed by atoms with Gasteiger partial charge in [0, 0.05) is 24.8 Å². The summed E-state index contributed by atoms with van der Waals surface area (Å²) in [5.41, 5.74) is 1.11. The fourth-order valence-corrected chi connectivity index (χ4v) is 1.42. The summed E-state index contributed by atoms with van der Waals surface area (Å²) in [7, 11) is 2.12. The van der Waals surface area contributed by atoms with E-state index < -0.39 is 0 Å². The van der Waals surface area contributed by atoms with E-state index >= 15 is 0 Å². The Morgan fingerprint density at radius 1 is 1.31 bits per heavy atom. The van der Waals surface area contributed by atoms with Crippen LogP contribution in [0.3, 0.4) is 0 Å². The molecule has 1 heterocycles. The Bertz CT molecular complexity index is 301. The van der Waals surface area contributed by atoms with Gasteiger partial charge in [0.15, 0.2) is 0 Å². The Balaban J connectivity index is 2.38. The van der Waals surface area contributed by atoms with Gasteiger partial charge in [0.2, 0.25) is 0 Å². The molecular formula is C12H22N4. The lowest BCUT2D eigenvalue weighted by Crippen LogP contribution is -2.24. The molecule has 0 aliphatic carbocycles. The lowest BCUT2D eigenvalue weighted by molar-refractivity contribution is 0.367. The van der Waals surface area contributed by atoms with E-state index in [0.717, 1.165) is 44.0 Å². The number of hydrogen-bond acceptors (Lipinski definition) is 4. The summed E-state index contributed by atoms with van der Waals surface area (Å²) in [6.45, 7) is 7.35. The molecule has 0 aromatic carbocycles. The lowest BCUT2D eigenvalue weighted by Gasteiger charge is -2.14. The quantitative estimate of drug-likeness (QED) is 0.763. The zero-order chi connectivity index (χ0) is 11.8. The van der Waals surface area contributed by atoms with E-state index in [9.17, 15) is 0 Å². The van der Waals surface area contributed by atoms with Crippen molar-refractivity contribution in [2.45, 2.75) is 26.7 Å². The molecule has 0 aliphatic heterocycles. The van der Waals surface area contributed by atoms with Crippen LogP contribution in [-0.2, 0) is 6.42 Å². The van der Waals surface area contributed by atoms with Crippen molar-refractivity contribution in [1.29, 1.82) is 0 Å². The Kier molecular flexibility index (Phi) is 5.78. The van der Waals surface area contributed by atoms with Gasteiger partial charge in [-0.1, -0.05) is 20.3 Å². The third kappa shape index (κ3) is 4.57. The molecule has 0 bridgehead atoms. The normalized spacial score (nSPS) is 10.8. The van der Waals surface area contributed by atoms with Crippen LogP contribution < -0.4 is 5.32 Å². The van der Waals surface area contributed by atoms with E-state index in [2.05, 4.69) is 41.1 Å². The van der Waals surface area contributed by atoms with Gasteiger partial charge in [0.05, 0.1) is 0 Å². The molecule has 0 saturated heterocycles. The van der Waals surface area contributed by atoms with Crippen LogP contribution in [0.5, 0.6) is 0 Å². The van der Waals surface area contributed by atoms with Gasteiger partial charge in [-0.25, -0.2) is 9.97 Å². The van der Waals surface area contributed by atoms with Crippen LogP contribution in [0.15, 0.2) is 12.4 Å². The molecule has 0 spiro atoms. The van der Waals surface area contributed by atoms with Crippen LogP contribution >= 0.6 is 0 Å². The third-order valence-electron chi connectivity index (χ3n) is 2.57. The predicted octanol–water partition coefficient (Wildman–Crippen LogP) is 1.79. The SMILES string of the molecule is CCCc1cc(NCCN(C)CC)ncn1. The van der Waals surface area contributed by atoms with Gasteiger partial charge < -0.3 is 10.2 Å². The van der Waals surface area contributed by atoms with Gasteiger partial charge in [-0.05, 0) is 20.0 Å². The highest BCUT2D eigenvalue weighted by atomic mass is 15.1. The van der Waals surface area contributed by atoms with Crippen LogP contribution in [0.25, 0.3) is 0 Å². The number of aromatic nitrogens is 2. The second kappa shape index (κ2) is 7.17. The maximum atomic E-state index is 4.23. The fraction of sp³-hybridized carbons (Fsp3) is 0.667. The zero-order valence-corrected chi connectivity index (χ0v) is 10.5. The average molecular weight is 222 g/mol. The molecule has 16 heavy (non-hydrogen) atoms. The number of hydrogen-bond donors (Lipinski definition) is 1. The van der Waals surface area contributed by atoms with E-state index in [1.165, 1.54) is 0 Å². The minimum atomic E-state index is 0.924. The maximum Gasteiger partial charge on any atom is 0.129 e. The summed E-state index contributed by atoms with van der Waals surface area (Å²) in [5, 5.41) is 3.32. The van der Waals surface area contributed by atoms with Gasteiger partial charge >= 0.3 is 0 Å². The maximum absolute atomic E-state index is 4.23. The van der Waals surface area contributed by atoms with E-state index in [4.69, 9.17) is 0 Å². The molecule has 0 radical (unpaired) electrons. The Morgan fingerprint density at radius 2 is 2.12 bits per heavy atom. The second-order valence-corrected chi connectivity index (χ2v) is 3.97. The molecule has 1 N–H and O–H groups in total. The molecule has 0 atom stereocenters.